The van der Waals surface area contributed by atoms with Gasteiger partial charge in [-0.2, -0.15) is 5.10 Å². The van der Waals surface area contributed by atoms with Crippen LogP contribution < -0.4 is 21.7 Å². The summed E-state index contributed by atoms with van der Waals surface area (Å²) in [6.07, 6.45) is 2.41. The van der Waals surface area contributed by atoms with Crippen molar-refractivity contribution < 1.29 is 4.79 Å². The summed E-state index contributed by atoms with van der Waals surface area (Å²) in [5.74, 6) is 0.806. The lowest BCUT2D eigenvalue weighted by molar-refractivity contribution is -0.118. The Bertz CT molecular complexity index is 691. The van der Waals surface area contributed by atoms with E-state index >= 15 is 0 Å². The molecule has 134 valence electrons. The quantitative estimate of drug-likeness (QED) is 0.314. The van der Waals surface area contributed by atoms with Crippen LogP contribution in [0.1, 0.15) is 11.1 Å². The van der Waals surface area contributed by atoms with Gasteiger partial charge in [-0.05, 0) is 12.5 Å². The molecular formula is C17H25N7O. The molecule has 1 aromatic rings. The van der Waals surface area contributed by atoms with Gasteiger partial charge < -0.3 is 26.6 Å². The van der Waals surface area contributed by atoms with Crippen LogP contribution in [0.2, 0.25) is 0 Å². The molecule has 0 saturated carbocycles. The van der Waals surface area contributed by atoms with E-state index in [1.54, 1.807) is 25.2 Å². The van der Waals surface area contributed by atoms with Gasteiger partial charge in [0.25, 0.3) is 5.91 Å². The minimum Gasteiger partial charge on any atom is -0.384 e. The number of nitrogens with one attached hydrogen (secondary N) is 3. The molecule has 0 atom stereocenters. The zero-order valence-electron chi connectivity index (χ0n) is 14.8. The molecule has 1 aromatic carbocycles. The lowest BCUT2D eigenvalue weighted by Crippen LogP contribution is -2.38. The summed E-state index contributed by atoms with van der Waals surface area (Å²) in [6.45, 7) is 2.84. The van der Waals surface area contributed by atoms with Crippen LogP contribution in [0, 0.1) is 6.92 Å². The molecule has 0 unspecified atom stereocenters. The van der Waals surface area contributed by atoms with Crippen LogP contribution in [0.3, 0.4) is 0 Å². The third-order valence-corrected chi connectivity index (χ3v) is 3.76. The van der Waals surface area contributed by atoms with Crippen molar-refractivity contribution in [2.75, 3.05) is 27.3 Å². The average molecular weight is 343 g/mol. The summed E-state index contributed by atoms with van der Waals surface area (Å²) in [5.41, 5.74) is 8.83. The number of aryl methyl sites for hydroxylation is 1. The van der Waals surface area contributed by atoms with Crippen molar-refractivity contribution in [2.24, 2.45) is 15.9 Å². The van der Waals surface area contributed by atoms with E-state index in [-0.39, 0.29) is 5.91 Å². The van der Waals surface area contributed by atoms with Crippen LogP contribution in [0.5, 0.6) is 0 Å². The Kier molecular flexibility index (Phi) is 6.39. The molecule has 1 aliphatic heterocycles. The van der Waals surface area contributed by atoms with Crippen LogP contribution in [0.25, 0.3) is 0 Å². The van der Waals surface area contributed by atoms with Crippen molar-refractivity contribution in [1.82, 2.24) is 20.9 Å². The van der Waals surface area contributed by atoms with Gasteiger partial charge >= 0.3 is 0 Å². The molecule has 0 bridgehead atoms. The van der Waals surface area contributed by atoms with Crippen LogP contribution in [0.15, 0.2) is 46.0 Å². The second-order valence-corrected chi connectivity index (χ2v) is 5.66. The normalized spacial score (nSPS) is 14.8. The minimum atomic E-state index is -0.190. The number of amidine groups is 1. The molecule has 1 amide bonds. The minimum absolute atomic E-state index is 0.190. The lowest BCUT2D eigenvalue weighted by atomic mass is 10.1. The highest BCUT2D eigenvalue weighted by Crippen LogP contribution is 2.12. The number of hydrogen-bond acceptors (Lipinski definition) is 6. The van der Waals surface area contributed by atoms with E-state index in [4.69, 9.17) is 5.73 Å². The lowest BCUT2D eigenvalue weighted by Gasteiger charge is -2.18. The average Bonchev–Trinajstić information content (AvgIpc) is 3.02. The summed E-state index contributed by atoms with van der Waals surface area (Å²) in [4.78, 5) is 13.8. The summed E-state index contributed by atoms with van der Waals surface area (Å²) in [6, 6.07) is 8.24. The van der Waals surface area contributed by atoms with Gasteiger partial charge in [0.1, 0.15) is 17.4 Å². The van der Waals surface area contributed by atoms with Crippen LogP contribution in [-0.4, -0.2) is 50.2 Å². The Hall–Kier alpha value is -3.03. The molecule has 0 saturated heterocycles. The predicted molar refractivity (Wildman–Crippen MR) is 99.9 cm³/mol. The molecule has 0 spiro atoms. The Morgan fingerprint density at radius 3 is 2.72 bits per heavy atom. The Morgan fingerprint density at radius 2 is 2.08 bits per heavy atom. The van der Waals surface area contributed by atoms with Gasteiger partial charge in [-0.25, -0.2) is 0 Å². The van der Waals surface area contributed by atoms with E-state index in [9.17, 15) is 4.79 Å². The molecule has 8 nitrogen and oxygen atoms in total. The standard InChI is InChI=1S/C17H25N7O/c1-12-4-6-13(7-5-12)8-9-22-23-14(18)10-24-11-21-16(19-2)15(24)17(25)20-3/h4-7,9,19,21H,8,10-11H2,1-3H3,(H2,18,23)(H,20,25)/b22-9+. The van der Waals surface area contributed by atoms with Crippen molar-refractivity contribution in [1.29, 1.82) is 0 Å². The summed E-state index contributed by atoms with van der Waals surface area (Å²) in [5, 5.41) is 16.7. The fourth-order valence-corrected chi connectivity index (χ4v) is 2.43. The Morgan fingerprint density at radius 1 is 1.36 bits per heavy atom. The maximum Gasteiger partial charge on any atom is 0.271 e. The number of carbonyl (C=O) groups excluding carboxylic acids is 1. The first-order valence-electron chi connectivity index (χ1n) is 8.07. The predicted octanol–water partition coefficient (Wildman–Crippen LogP) is -0.122. The van der Waals surface area contributed by atoms with Crippen molar-refractivity contribution >= 4 is 18.0 Å². The smallest absolute Gasteiger partial charge is 0.271 e. The fourth-order valence-electron chi connectivity index (χ4n) is 2.43. The van der Waals surface area contributed by atoms with Gasteiger partial charge in [0.05, 0.1) is 13.2 Å². The molecule has 1 heterocycles. The van der Waals surface area contributed by atoms with Crippen molar-refractivity contribution in [3.8, 4) is 0 Å². The van der Waals surface area contributed by atoms with Gasteiger partial charge in [0.2, 0.25) is 0 Å². The maximum absolute atomic E-state index is 12.0. The van der Waals surface area contributed by atoms with Crippen LogP contribution in [-0.2, 0) is 11.2 Å². The first-order valence-corrected chi connectivity index (χ1v) is 8.07. The van der Waals surface area contributed by atoms with Crippen molar-refractivity contribution in [3.05, 3.63) is 46.9 Å². The third-order valence-electron chi connectivity index (χ3n) is 3.76. The molecule has 25 heavy (non-hydrogen) atoms. The zero-order chi connectivity index (χ0) is 18.2. The van der Waals surface area contributed by atoms with Crippen molar-refractivity contribution in [2.45, 2.75) is 13.3 Å². The number of rotatable bonds is 7. The van der Waals surface area contributed by atoms with Crippen molar-refractivity contribution in [3.63, 3.8) is 0 Å². The SMILES string of the molecule is CNC(=O)C1=C(NC)NCN1C/C(N)=N/N=C/Cc1ccc(C)cc1. The molecule has 2 rings (SSSR count). The topological polar surface area (TPSA) is 107 Å². The number of nitrogens with two attached hydrogens (primary N) is 1. The van der Waals surface area contributed by atoms with Gasteiger partial charge in [-0.3, -0.25) is 4.79 Å². The molecule has 0 aromatic heterocycles. The number of nitrogens with zero attached hydrogens (tertiary/aromatic N) is 3. The Labute approximate surface area is 147 Å². The third kappa shape index (κ3) is 4.97. The van der Waals surface area contributed by atoms with Crippen LogP contribution in [0.4, 0.5) is 0 Å². The number of likely N-dealkylation sites (N-methyl/N-ethyl adjacent to an activating group) is 1. The number of benzene rings is 1. The molecule has 0 radical (unpaired) electrons. The highest BCUT2D eigenvalue weighted by molar-refractivity contribution is 5.94. The van der Waals surface area contributed by atoms with E-state index in [0.29, 0.717) is 37.0 Å². The largest absolute Gasteiger partial charge is 0.384 e. The molecule has 1 aliphatic rings. The molecule has 8 heteroatoms. The monoisotopic (exact) mass is 343 g/mol. The highest BCUT2D eigenvalue weighted by Gasteiger charge is 2.27. The molecule has 5 N–H and O–H groups in total. The maximum atomic E-state index is 12.0. The second-order valence-electron chi connectivity index (χ2n) is 5.66. The number of amides is 1. The molecular weight excluding hydrogens is 318 g/mol. The van der Waals surface area contributed by atoms with E-state index in [0.717, 1.165) is 5.56 Å². The first kappa shape index (κ1) is 18.3. The molecule has 0 fully saturated rings. The van der Waals surface area contributed by atoms with E-state index in [1.165, 1.54) is 5.56 Å². The van der Waals surface area contributed by atoms with Gasteiger partial charge in [0.15, 0.2) is 0 Å². The first-order chi connectivity index (χ1) is 12.0. The van der Waals surface area contributed by atoms with Gasteiger partial charge in [-0.1, -0.05) is 29.8 Å². The van der Waals surface area contributed by atoms with Gasteiger partial charge in [-0.15, -0.1) is 5.10 Å². The highest BCUT2D eigenvalue weighted by atomic mass is 16.2. The number of hydrogen-bond donors (Lipinski definition) is 4. The van der Waals surface area contributed by atoms with Gasteiger partial charge in [0, 0.05) is 26.7 Å². The second kappa shape index (κ2) is 8.72. The summed E-state index contributed by atoms with van der Waals surface area (Å²) >= 11 is 0. The zero-order valence-corrected chi connectivity index (χ0v) is 14.8. The van der Waals surface area contributed by atoms with E-state index in [1.807, 2.05) is 0 Å². The molecule has 0 aliphatic carbocycles. The van der Waals surface area contributed by atoms with E-state index < -0.39 is 0 Å². The van der Waals surface area contributed by atoms with E-state index in [2.05, 4.69) is 57.3 Å². The number of carbonyl (C=O) groups is 1. The summed E-state index contributed by atoms with van der Waals surface area (Å²) in [7, 11) is 3.34. The van der Waals surface area contributed by atoms with Crippen LogP contribution >= 0.6 is 0 Å². The summed E-state index contributed by atoms with van der Waals surface area (Å²) < 4.78 is 0. The fraction of sp³-hybridized carbons (Fsp3) is 0.353. The Balaban J connectivity index is 1.94.